The number of aromatic nitrogens is 2. The molecule has 2 aliphatic carbocycles. The van der Waals surface area contributed by atoms with Gasteiger partial charge in [0.1, 0.15) is 5.56 Å². The quantitative estimate of drug-likeness (QED) is 0.529. The summed E-state index contributed by atoms with van der Waals surface area (Å²) in [7, 11) is 0. The minimum atomic E-state index is -0.905. The maximum atomic E-state index is 13.5. The summed E-state index contributed by atoms with van der Waals surface area (Å²) in [5.41, 5.74) is 3.32. The third-order valence-corrected chi connectivity index (χ3v) is 8.16. The molecule has 0 bridgehead atoms. The van der Waals surface area contributed by atoms with Crippen LogP contribution in [0.2, 0.25) is 0 Å². The van der Waals surface area contributed by atoms with Crippen molar-refractivity contribution in [2.45, 2.75) is 95.4 Å². The second-order valence-corrected chi connectivity index (χ2v) is 10.6. The van der Waals surface area contributed by atoms with Crippen molar-refractivity contribution in [2.24, 2.45) is 5.92 Å². The lowest BCUT2D eigenvalue weighted by Crippen LogP contribution is -2.41. The number of rotatable bonds is 8. The van der Waals surface area contributed by atoms with Crippen LogP contribution in [-0.2, 0) is 4.79 Å². The molecule has 2 aromatic rings. The molecule has 1 aromatic heterocycles. The van der Waals surface area contributed by atoms with Crippen LogP contribution < -0.4 is 0 Å². The first-order chi connectivity index (χ1) is 16.6. The lowest BCUT2D eigenvalue weighted by atomic mass is 9.77. The first-order valence-electron chi connectivity index (χ1n) is 13.3. The Balaban J connectivity index is 1.33. The number of aromatic carboxylic acids is 1. The third kappa shape index (κ3) is 4.64. The van der Waals surface area contributed by atoms with Gasteiger partial charge in [-0.05, 0) is 75.0 Å². The van der Waals surface area contributed by atoms with Crippen LogP contribution in [0.25, 0.3) is 5.69 Å². The third-order valence-electron chi connectivity index (χ3n) is 8.16. The van der Waals surface area contributed by atoms with Crippen molar-refractivity contribution < 1.29 is 14.7 Å². The number of carbonyl (C=O) groups is 2. The van der Waals surface area contributed by atoms with E-state index in [2.05, 4.69) is 35.1 Å². The highest BCUT2D eigenvalue weighted by molar-refractivity contribution is 5.89. The number of likely N-dealkylation sites (tertiary alicyclic amines) is 1. The minimum absolute atomic E-state index is 0.120. The number of carboxylic acids is 1. The van der Waals surface area contributed by atoms with Crippen LogP contribution in [0.15, 0.2) is 30.5 Å². The number of amides is 1. The predicted molar refractivity (Wildman–Crippen MR) is 131 cm³/mol. The largest absolute Gasteiger partial charge is 0.478 e. The molecule has 34 heavy (non-hydrogen) atoms. The Bertz CT molecular complexity index is 1040. The zero-order valence-electron chi connectivity index (χ0n) is 20.3. The van der Waals surface area contributed by atoms with E-state index in [-0.39, 0.29) is 11.8 Å². The lowest BCUT2D eigenvalue weighted by Gasteiger charge is -2.34. The SMILES string of the molecule is CCCC[C@H]1CCCN1C(=O)C1CCCC(c2cccc(-n3ncc(C(=O)O)c3C3CC3)c2)C1. The van der Waals surface area contributed by atoms with Crippen LogP contribution in [0.5, 0.6) is 0 Å². The van der Waals surface area contributed by atoms with Gasteiger partial charge < -0.3 is 10.0 Å². The number of unbranched alkanes of at least 4 members (excludes halogenated alkanes) is 1. The molecule has 0 spiro atoms. The van der Waals surface area contributed by atoms with Gasteiger partial charge in [-0.3, -0.25) is 4.79 Å². The fraction of sp³-hybridized carbons (Fsp3) is 0.607. The van der Waals surface area contributed by atoms with E-state index in [4.69, 9.17) is 0 Å². The standard InChI is InChI=1S/C28H37N3O3/c1-2-3-10-23-12-6-15-30(23)27(32)22-9-4-7-20(16-22)21-8-5-11-24(17-21)31-26(19-13-14-19)25(18-29-31)28(33)34/h5,8,11,17-20,22-23H,2-4,6-7,9-10,12-16H2,1H3,(H,33,34)/t20?,22?,23-/m0/s1. The van der Waals surface area contributed by atoms with Gasteiger partial charge in [-0.2, -0.15) is 5.10 Å². The highest BCUT2D eigenvalue weighted by atomic mass is 16.4. The van der Waals surface area contributed by atoms with Gasteiger partial charge in [0.05, 0.1) is 17.6 Å². The molecule has 3 fully saturated rings. The maximum Gasteiger partial charge on any atom is 0.339 e. The molecule has 2 unspecified atom stereocenters. The predicted octanol–water partition coefficient (Wildman–Crippen LogP) is 5.90. The zero-order chi connectivity index (χ0) is 23.7. The lowest BCUT2D eigenvalue weighted by molar-refractivity contribution is -0.137. The van der Waals surface area contributed by atoms with E-state index >= 15 is 0 Å². The van der Waals surface area contributed by atoms with Crippen LogP contribution in [0, 0.1) is 5.92 Å². The second kappa shape index (κ2) is 9.93. The number of hydrogen-bond acceptors (Lipinski definition) is 3. The molecule has 1 aromatic carbocycles. The minimum Gasteiger partial charge on any atom is -0.478 e. The average molecular weight is 464 g/mol. The summed E-state index contributed by atoms with van der Waals surface area (Å²) < 4.78 is 1.83. The van der Waals surface area contributed by atoms with Gasteiger partial charge in [-0.25, -0.2) is 9.48 Å². The van der Waals surface area contributed by atoms with Gasteiger partial charge in [-0.15, -0.1) is 0 Å². The normalized spacial score (nSPS) is 25.0. The van der Waals surface area contributed by atoms with E-state index in [1.54, 1.807) is 0 Å². The number of benzene rings is 1. The summed E-state index contributed by atoms with van der Waals surface area (Å²) in [4.78, 5) is 27.4. The van der Waals surface area contributed by atoms with E-state index < -0.39 is 5.97 Å². The Morgan fingerprint density at radius 3 is 2.71 bits per heavy atom. The molecule has 0 radical (unpaired) electrons. The summed E-state index contributed by atoms with van der Waals surface area (Å²) in [6, 6.07) is 8.85. The molecule has 2 saturated carbocycles. The van der Waals surface area contributed by atoms with Crippen LogP contribution in [0.3, 0.4) is 0 Å². The fourth-order valence-corrected chi connectivity index (χ4v) is 6.21. The van der Waals surface area contributed by atoms with E-state index in [9.17, 15) is 14.7 Å². The van der Waals surface area contributed by atoms with Crippen LogP contribution in [-0.4, -0.2) is 44.3 Å². The van der Waals surface area contributed by atoms with Crippen LogP contribution in [0.4, 0.5) is 0 Å². The molecular weight excluding hydrogens is 426 g/mol. The molecule has 1 N–H and O–H groups in total. The highest BCUT2D eigenvalue weighted by Gasteiger charge is 2.36. The molecule has 1 aliphatic heterocycles. The van der Waals surface area contributed by atoms with E-state index in [1.165, 1.54) is 24.6 Å². The summed E-state index contributed by atoms with van der Waals surface area (Å²) in [6.07, 6.45) is 13.5. The molecule has 182 valence electrons. The van der Waals surface area contributed by atoms with Crippen molar-refractivity contribution in [3.8, 4) is 5.69 Å². The topological polar surface area (TPSA) is 75.4 Å². The van der Waals surface area contributed by atoms with Gasteiger partial charge in [0.25, 0.3) is 0 Å². The smallest absolute Gasteiger partial charge is 0.339 e. The molecule has 3 atom stereocenters. The molecule has 1 saturated heterocycles. The highest BCUT2D eigenvalue weighted by Crippen LogP contribution is 2.43. The second-order valence-electron chi connectivity index (χ2n) is 10.6. The molecule has 6 heteroatoms. The van der Waals surface area contributed by atoms with Crippen molar-refractivity contribution in [1.82, 2.24) is 14.7 Å². The molecule has 1 amide bonds. The number of nitrogens with zero attached hydrogens (tertiary/aromatic N) is 3. The summed E-state index contributed by atoms with van der Waals surface area (Å²) in [5.74, 6) is 0.244. The van der Waals surface area contributed by atoms with Gasteiger partial charge in [0.15, 0.2) is 0 Å². The first kappa shape index (κ1) is 23.1. The van der Waals surface area contributed by atoms with Crippen molar-refractivity contribution in [2.75, 3.05) is 6.54 Å². The zero-order valence-corrected chi connectivity index (χ0v) is 20.3. The van der Waals surface area contributed by atoms with Crippen LogP contribution in [0.1, 0.15) is 111 Å². The van der Waals surface area contributed by atoms with E-state index in [1.807, 2.05) is 10.7 Å². The van der Waals surface area contributed by atoms with Crippen LogP contribution >= 0.6 is 0 Å². The molecular formula is C28H37N3O3. The van der Waals surface area contributed by atoms with Gasteiger partial charge in [0, 0.05) is 24.4 Å². The Kier molecular flexibility index (Phi) is 6.75. The van der Waals surface area contributed by atoms with E-state index in [0.717, 1.165) is 75.7 Å². The Morgan fingerprint density at radius 2 is 1.94 bits per heavy atom. The molecule has 2 heterocycles. The van der Waals surface area contributed by atoms with Crippen molar-refractivity contribution in [1.29, 1.82) is 0 Å². The average Bonchev–Trinajstić information content (AvgIpc) is 3.42. The molecule has 6 nitrogen and oxygen atoms in total. The summed E-state index contributed by atoms with van der Waals surface area (Å²) in [6.45, 7) is 3.15. The van der Waals surface area contributed by atoms with Crippen molar-refractivity contribution in [3.05, 3.63) is 47.3 Å². The first-order valence-corrected chi connectivity index (χ1v) is 13.3. The van der Waals surface area contributed by atoms with Gasteiger partial charge >= 0.3 is 5.97 Å². The van der Waals surface area contributed by atoms with E-state index in [0.29, 0.717) is 23.4 Å². The molecule has 3 aliphatic rings. The Labute approximate surface area is 202 Å². The Hall–Kier alpha value is -2.63. The Morgan fingerprint density at radius 1 is 1.09 bits per heavy atom. The summed E-state index contributed by atoms with van der Waals surface area (Å²) >= 11 is 0. The fourth-order valence-electron chi connectivity index (χ4n) is 6.21. The monoisotopic (exact) mass is 463 g/mol. The van der Waals surface area contributed by atoms with Gasteiger partial charge in [0.2, 0.25) is 5.91 Å². The van der Waals surface area contributed by atoms with Gasteiger partial charge in [-0.1, -0.05) is 38.3 Å². The summed E-state index contributed by atoms with van der Waals surface area (Å²) in [5, 5.41) is 14.1. The number of carbonyl (C=O) groups excluding carboxylic acids is 1. The van der Waals surface area contributed by atoms with Crippen molar-refractivity contribution >= 4 is 11.9 Å². The number of carboxylic acid groups (broad SMARTS) is 1. The number of hydrogen-bond donors (Lipinski definition) is 1. The van der Waals surface area contributed by atoms with Crippen molar-refractivity contribution in [3.63, 3.8) is 0 Å². The maximum absolute atomic E-state index is 13.5. The molecule has 5 rings (SSSR count).